The van der Waals surface area contributed by atoms with Crippen molar-refractivity contribution in [2.45, 2.75) is 58.0 Å². The largest absolute Gasteiger partial charge is 0.379 e. The third-order valence-corrected chi connectivity index (χ3v) is 4.53. The van der Waals surface area contributed by atoms with Gasteiger partial charge in [-0.05, 0) is 33.6 Å². The van der Waals surface area contributed by atoms with Gasteiger partial charge in [0.05, 0.1) is 19.8 Å². The molecule has 1 heterocycles. The Labute approximate surface area is 152 Å². The summed E-state index contributed by atoms with van der Waals surface area (Å²) in [5.41, 5.74) is 0.0851. The molecule has 2 aliphatic rings. The molecule has 22 heavy (non-hydrogen) atoms. The zero-order chi connectivity index (χ0) is 15.1. The average molecular weight is 424 g/mol. The summed E-state index contributed by atoms with van der Waals surface area (Å²) in [5, 5.41) is 6.97. The molecule has 0 unspecified atom stereocenters. The number of nitrogens with zero attached hydrogens (tertiary/aromatic N) is 2. The van der Waals surface area contributed by atoms with Gasteiger partial charge in [0.25, 0.3) is 0 Å². The van der Waals surface area contributed by atoms with Crippen molar-refractivity contribution < 1.29 is 4.74 Å². The van der Waals surface area contributed by atoms with Crippen LogP contribution in [0.2, 0.25) is 0 Å². The number of guanidine groups is 1. The van der Waals surface area contributed by atoms with Crippen LogP contribution >= 0.6 is 24.0 Å². The number of hydrogen-bond donors (Lipinski definition) is 2. The Balaban J connectivity index is 0.00000242. The first-order valence-electron chi connectivity index (χ1n) is 8.49. The van der Waals surface area contributed by atoms with Gasteiger partial charge in [0.15, 0.2) is 5.96 Å². The van der Waals surface area contributed by atoms with E-state index in [2.05, 4.69) is 36.3 Å². The molecule has 0 spiro atoms. The molecule has 0 radical (unpaired) electrons. The summed E-state index contributed by atoms with van der Waals surface area (Å²) in [6, 6.07) is 0.606. The maximum atomic E-state index is 5.45. The molecule has 0 aromatic rings. The Morgan fingerprint density at radius 3 is 2.45 bits per heavy atom. The maximum Gasteiger partial charge on any atom is 0.191 e. The quantitative estimate of drug-likeness (QED) is 0.404. The Morgan fingerprint density at radius 1 is 1.23 bits per heavy atom. The van der Waals surface area contributed by atoms with E-state index < -0.39 is 0 Å². The highest BCUT2D eigenvalue weighted by Gasteiger charge is 2.28. The van der Waals surface area contributed by atoms with Gasteiger partial charge >= 0.3 is 0 Å². The van der Waals surface area contributed by atoms with Crippen molar-refractivity contribution in [3.8, 4) is 0 Å². The van der Waals surface area contributed by atoms with Crippen LogP contribution in [-0.4, -0.2) is 61.8 Å². The smallest absolute Gasteiger partial charge is 0.191 e. The molecule has 1 saturated heterocycles. The van der Waals surface area contributed by atoms with Gasteiger partial charge in [0, 0.05) is 31.2 Å². The van der Waals surface area contributed by atoms with E-state index >= 15 is 0 Å². The van der Waals surface area contributed by atoms with Crippen LogP contribution in [0.15, 0.2) is 4.99 Å². The van der Waals surface area contributed by atoms with E-state index in [-0.39, 0.29) is 29.5 Å². The van der Waals surface area contributed by atoms with Crippen LogP contribution in [0.4, 0.5) is 0 Å². The first-order chi connectivity index (χ1) is 10.1. The predicted octanol–water partition coefficient (Wildman–Crippen LogP) is 2.21. The standard InChI is InChI=1S/C16H32N4O.HI/c1-4-17-15(19-14-7-5-6-8-14)18-13-16(2,3)20-9-11-21-12-10-20;/h14H,4-13H2,1-3H3,(H2,17,18,19);1H. The second-order valence-corrected chi connectivity index (χ2v) is 6.73. The van der Waals surface area contributed by atoms with Crippen LogP contribution in [0.1, 0.15) is 46.5 Å². The summed E-state index contributed by atoms with van der Waals surface area (Å²) in [6.45, 7) is 12.1. The molecule has 0 aromatic carbocycles. The van der Waals surface area contributed by atoms with Gasteiger partial charge in [-0.2, -0.15) is 0 Å². The van der Waals surface area contributed by atoms with Crippen LogP contribution in [-0.2, 0) is 4.74 Å². The fourth-order valence-electron chi connectivity index (χ4n) is 3.12. The highest BCUT2D eigenvalue weighted by atomic mass is 127. The second-order valence-electron chi connectivity index (χ2n) is 6.73. The minimum atomic E-state index is 0. The molecular formula is C16H33IN4O. The van der Waals surface area contributed by atoms with Crippen molar-refractivity contribution >= 4 is 29.9 Å². The molecule has 1 saturated carbocycles. The van der Waals surface area contributed by atoms with Crippen LogP contribution < -0.4 is 10.6 Å². The van der Waals surface area contributed by atoms with E-state index in [1.54, 1.807) is 0 Å². The van der Waals surface area contributed by atoms with Gasteiger partial charge < -0.3 is 15.4 Å². The molecule has 130 valence electrons. The van der Waals surface area contributed by atoms with Crippen LogP contribution in [0.3, 0.4) is 0 Å². The van der Waals surface area contributed by atoms with E-state index in [1.807, 2.05) is 0 Å². The lowest BCUT2D eigenvalue weighted by Gasteiger charge is -2.40. The lowest BCUT2D eigenvalue weighted by Crippen LogP contribution is -2.52. The molecule has 2 rings (SSSR count). The van der Waals surface area contributed by atoms with Crippen molar-refractivity contribution in [1.29, 1.82) is 0 Å². The fraction of sp³-hybridized carbons (Fsp3) is 0.938. The van der Waals surface area contributed by atoms with E-state index in [1.165, 1.54) is 25.7 Å². The summed E-state index contributed by atoms with van der Waals surface area (Å²) >= 11 is 0. The zero-order valence-electron chi connectivity index (χ0n) is 14.4. The summed E-state index contributed by atoms with van der Waals surface area (Å²) in [6.07, 6.45) is 5.24. The molecule has 0 amide bonds. The SMILES string of the molecule is CCNC(=NCC(C)(C)N1CCOCC1)NC1CCCC1.I. The number of aliphatic imine (C=N–C) groups is 1. The molecule has 6 heteroatoms. The molecule has 5 nitrogen and oxygen atoms in total. The van der Waals surface area contributed by atoms with E-state index in [0.29, 0.717) is 6.04 Å². The number of halogens is 1. The number of hydrogen-bond acceptors (Lipinski definition) is 3. The normalized spacial score (nSPS) is 21.5. The Kier molecular flexibility index (Phi) is 9.01. The van der Waals surface area contributed by atoms with Gasteiger partial charge in [-0.3, -0.25) is 9.89 Å². The van der Waals surface area contributed by atoms with Crippen molar-refractivity contribution in [3.63, 3.8) is 0 Å². The Bertz CT molecular complexity index is 337. The highest BCUT2D eigenvalue weighted by Crippen LogP contribution is 2.18. The Morgan fingerprint density at radius 2 is 1.86 bits per heavy atom. The Hall–Kier alpha value is -0.0800. The average Bonchev–Trinajstić information content (AvgIpc) is 2.99. The first-order valence-corrected chi connectivity index (χ1v) is 8.49. The fourth-order valence-corrected chi connectivity index (χ4v) is 3.12. The van der Waals surface area contributed by atoms with Gasteiger partial charge in [-0.25, -0.2) is 0 Å². The summed E-state index contributed by atoms with van der Waals surface area (Å²) in [4.78, 5) is 7.32. The number of ether oxygens (including phenoxy) is 1. The minimum absolute atomic E-state index is 0. The molecule has 2 N–H and O–H groups in total. The third-order valence-electron chi connectivity index (χ3n) is 4.53. The van der Waals surface area contributed by atoms with Gasteiger partial charge in [0.1, 0.15) is 0 Å². The van der Waals surface area contributed by atoms with Crippen LogP contribution in [0, 0.1) is 0 Å². The molecule has 0 aromatic heterocycles. The minimum Gasteiger partial charge on any atom is -0.379 e. The molecule has 1 aliphatic carbocycles. The van der Waals surface area contributed by atoms with Crippen molar-refractivity contribution in [2.75, 3.05) is 39.4 Å². The molecular weight excluding hydrogens is 391 g/mol. The van der Waals surface area contributed by atoms with Gasteiger partial charge in [-0.15, -0.1) is 24.0 Å². The van der Waals surface area contributed by atoms with E-state index in [0.717, 1.165) is 45.4 Å². The molecule has 0 atom stereocenters. The number of nitrogens with one attached hydrogen (secondary N) is 2. The summed E-state index contributed by atoms with van der Waals surface area (Å²) < 4.78 is 5.45. The zero-order valence-corrected chi connectivity index (χ0v) is 16.7. The lowest BCUT2D eigenvalue weighted by molar-refractivity contribution is -0.00684. The highest BCUT2D eigenvalue weighted by molar-refractivity contribution is 14.0. The van der Waals surface area contributed by atoms with Crippen LogP contribution in [0.5, 0.6) is 0 Å². The van der Waals surface area contributed by atoms with Gasteiger partial charge in [0.2, 0.25) is 0 Å². The molecule has 2 fully saturated rings. The lowest BCUT2D eigenvalue weighted by atomic mass is 10.0. The maximum absolute atomic E-state index is 5.45. The second kappa shape index (κ2) is 9.93. The van der Waals surface area contributed by atoms with Crippen molar-refractivity contribution in [2.24, 2.45) is 4.99 Å². The molecule has 1 aliphatic heterocycles. The third kappa shape index (κ3) is 6.20. The van der Waals surface area contributed by atoms with Crippen molar-refractivity contribution in [3.05, 3.63) is 0 Å². The van der Waals surface area contributed by atoms with Crippen LogP contribution in [0.25, 0.3) is 0 Å². The number of morpholine rings is 1. The summed E-state index contributed by atoms with van der Waals surface area (Å²) in [7, 11) is 0. The van der Waals surface area contributed by atoms with Gasteiger partial charge in [-0.1, -0.05) is 12.8 Å². The summed E-state index contributed by atoms with van der Waals surface area (Å²) in [5.74, 6) is 0.978. The van der Waals surface area contributed by atoms with Crippen molar-refractivity contribution in [1.82, 2.24) is 15.5 Å². The molecule has 0 bridgehead atoms. The monoisotopic (exact) mass is 424 g/mol. The van der Waals surface area contributed by atoms with E-state index in [4.69, 9.17) is 9.73 Å². The van der Waals surface area contributed by atoms with E-state index in [9.17, 15) is 0 Å². The predicted molar refractivity (Wildman–Crippen MR) is 103 cm³/mol. The first kappa shape index (κ1) is 20.0. The topological polar surface area (TPSA) is 48.9 Å². The number of rotatable bonds is 5.